The van der Waals surface area contributed by atoms with Gasteiger partial charge in [0.15, 0.2) is 0 Å². The van der Waals surface area contributed by atoms with Crippen molar-refractivity contribution in [2.75, 3.05) is 13.1 Å². The molecule has 1 unspecified atom stereocenters. The van der Waals surface area contributed by atoms with E-state index in [-0.39, 0.29) is 10.6 Å². The van der Waals surface area contributed by atoms with Gasteiger partial charge in [-0.25, -0.2) is 0 Å². The van der Waals surface area contributed by atoms with Gasteiger partial charge in [0.2, 0.25) is 0 Å². The number of aryl methyl sites for hydroxylation is 1. The first-order chi connectivity index (χ1) is 8.47. The van der Waals surface area contributed by atoms with Gasteiger partial charge in [-0.15, -0.1) is 0 Å². The monoisotopic (exact) mass is 254 g/mol. The minimum Gasteiger partial charge on any atom is -0.316 e. The predicted molar refractivity (Wildman–Crippen MR) is 70.7 cm³/mol. The number of nitrogens with one attached hydrogen (secondary N) is 1. The van der Waals surface area contributed by atoms with Gasteiger partial charge in [0.25, 0.3) is 0 Å². The lowest BCUT2D eigenvalue weighted by Gasteiger charge is -2.13. The van der Waals surface area contributed by atoms with Crippen molar-refractivity contribution in [2.45, 2.75) is 40.7 Å². The Kier molecular flexibility index (Phi) is 5.27. The van der Waals surface area contributed by atoms with Crippen LogP contribution in [-0.2, 0) is 6.54 Å². The highest BCUT2D eigenvalue weighted by atomic mass is 16.6. The highest BCUT2D eigenvalue weighted by Gasteiger charge is 2.22. The molecule has 1 aromatic rings. The molecule has 0 aromatic carbocycles. The average Bonchev–Trinajstić information content (AvgIpc) is 2.54. The highest BCUT2D eigenvalue weighted by molar-refractivity contribution is 5.39. The Labute approximate surface area is 108 Å². The van der Waals surface area contributed by atoms with Crippen molar-refractivity contribution in [3.63, 3.8) is 0 Å². The lowest BCUT2D eigenvalue weighted by Crippen LogP contribution is -2.25. The highest BCUT2D eigenvalue weighted by Crippen LogP contribution is 2.22. The molecule has 0 aliphatic rings. The van der Waals surface area contributed by atoms with E-state index >= 15 is 0 Å². The average molecular weight is 254 g/mol. The number of aromatic nitrogens is 2. The molecule has 0 bridgehead atoms. The summed E-state index contributed by atoms with van der Waals surface area (Å²) in [5, 5.41) is 18.5. The summed E-state index contributed by atoms with van der Waals surface area (Å²) in [6, 6.07) is 0. The fraction of sp³-hybridized carbons (Fsp3) is 0.750. The summed E-state index contributed by atoms with van der Waals surface area (Å²) in [6.45, 7) is 10.3. The molecule has 18 heavy (non-hydrogen) atoms. The first-order valence-electron chi connectivity index (χ1n) is 6.36. The molecule has 1 N–H and O–H groups in total. The van der Waals surface area contributed by atoms with Crippen LogP contribution in [0.25, 0.3) is 0 Å². The Morgan fingerprint density at radius 2 is 2.17 bits per heavy atom. The summed E-state index contributed by atoms with van der Waals surface area (Å²) in [5.74, 6) is 0.397. The van der Waals surface area contributed by atoms with Crippen LogP contribution in [0.3, 0.4) is 0 Å². The van der Waals surface area contributed by atoms with Crippen molar-refractivity contribution in [1.82, 2.24) is 15.1 Å². The Bertz CT molecular complexity index is 414. The second-order valence-corrected chi connectivity index (χ2v) is 4.77. The van der Waals surface area contributed by atoms with Crippen molar-refractivity contribution >= 4 is 5.69 Å². The topological polar surface area (TPSA) is 73.0 Å². The molecular formula is C12H22N4O2. The van der Waals surface area contributed by atoms with Crippen LogP contribution in [0.1, 0.15) is 31.7 Å². The lowest BCUT2D eigenvalue weighted by atomic mass is 10.2. The number of hydrogen-bond acceptors (Lipinski definition) is 4. The zero-order chi connectivity index (χ0) is 13.7. The molecule has 0 spiro atoms. The van der Waals surface area contributed by atoms with Gasteiger partial charge >= 0.3 is 5.69 Å². The van der Waals surface area contributed by atoms with E-state index in [4.69, 9.17) is 0 Å². The number of hydrogen-bond donors (Lipinski definition) is 1. The van der Waals surface area contributed by atoms with Gasteiger partial charge in [0, 0.05) is 6.54 Å². The van der Waals surface area contributed by atoms with Crippen LogP contribution in [-0.4, -0.2) is 27.8 Å². The third-order valence-electron chi connectivity index (χ3n) is 2.93. The largest absolute Gasteiger partial charge is 0.316 e. The molecule has 1 heterocycles. The summed E-state index contributed by atoms with van der Waals surface area (Å²) in [5.41, 5.74) is 1.27. The molecule has 102 valence electrons. The quantitative estimate of drug-likeness (QED) is 0.459. The summed E-state index contributed by atoms with van der Waals surface area (Å²) in [4.78, 5) is 10.5. The van der Waals surface area contributed by atoms with E-state index in [0.717, 1.165) is 19.5 Å². The van der Waals surface area contributed by atoms with Crippen molar-refractivity contribution in [3.8, 4) is 0 Å². The molecular weight excluding hydrogens is 232 g/mol. The van der Waals surface area contributed by atoms with Crippen LogP contribution in [0.15, 0.2) is 0 Å². The molecule has 1 aromatic heterocycles. The normalized spacial score (nSPS) is 12.7. The number of nitro groups is 1. The Morgan fingerprint density at radius 1 is 1.50 bits per heavy atom. The smallest absolute Gasteiger partial charge is 0.312 e. The van der Waals surface area contributed by atoms with E-state index in [1.807, 2.05) is 0 Å². The zero-order valence-corrected chi connectivity index (χ0v) is 11.6. The van der Waals surface area contributed by atoms with Gasteiger partial charge in [0.05, 0.1) is 4.92 Å². The Balaban J connectivity index is 2.68. The summed E-state index contributed by atoms with van der Waals surface area (Å²) < 4.78 is 1.74. The van der Waals surface area contributed by atoms with Crippen molar-refractivity contribution < 1.29 is 4.92 Å². The van der Waals surface area contributed by atoms with E-state index in [9.17, 15) is 10.1 Å². The molecule has 0 radical (unpaired) electrons. The van der Waals surface area contributed by atoms with Crippen LogP contribution in [0, 0.1) is 29.9 Å². The minimum absolute atomic E-state index is 0.142. The second-order valence-electron chi connectivity index (χ2n) is 4.77. The van der Waals surface area contributed by atoms with Gasteiger partial charge in [-0.05, 0) is 39.3 Å². The first-order valence-corrected chi connectivity index (χ1v) is 6.36. The maximum absolute atomic E-state index is 10.9. The fourth-order valence-electron chi connectivity index (χ4n) is 2.01. The molecule has 0 fully saturated rings. The molecule has 0 saturated heterocycles. The molecule has 0 aliphatic carbocycles. The fourth-order valence-corrected chi connectivity index (χ4v) is 2.01. The third kappa shape index (κ3) is 3.53. The van der Waals surface area contributed by atoms with E-state index in [0.29, 0.717) is 23.9 Å². The molecule has 6 heteroatoms. The van der Waals surface area contributed by atoms with Gasteiger partial charge < -0.3 is 5.32 Å². The van der Waals surface area contributed by atoms with Crippen LogP contribution >= 0.6 is 0 Å². The minimum atomic E-state index is -0.353. The van der Waals surface area contributed by atoms with Crippen LogP contribution in [0.5, 0.6) is 0 Å². The Morgan fingerprint density at radius 3 is 2.67 bits per heavy atom. The maximum Gasteiger partial charge on any atom is 0.312 e. The molecule has 1 rings (SSSR count). The summed E-state index contributed by atoms with van der Waals surface area (Å²) in [7, 11) is 0. The summed E-state index contributed by atoms with van der Waals surface area (Å²) >= 11 is 0. The van der Waals surface area contributed by atoms with Crippen LogP contribution in [0.4, 0.5) is 5.69 Å². The maximum atomic E-state index is 10.9. The van der Waals surface area contributed by atoms with Gasteiger partial charge in [-0.1, -0.05) is 13.8 Å². The van der Waals surface area contributed by atoms with Gasteiger partial charge in [-0.3, -0.25) is 14.8 Å². The first kappa shape index (κ1) is 14.6. The molecule has 0 amide bonds. The second kappa shape index (κ2) is 6.49. The van der Waals surface area contributed by atoms with E-state index in [1.165, 1.54) is 0 Å². The van der Waals surface area contributed by atoms with Crippen LogP contribution < -0.4 is 5.32 Å². The molecule has 6 nitrogen and oxygen atoms in total. The molecule has 0 aliphatic heterocycles. The van der Waals surface area contributed by atoms with Crippen molar-refractivity contribution in [3.05, 3.63) is 21.5 Å². The standard InChI is InChI=1S/C12H22N4O2/c1-5-6-13-7-9(2)8-15-11(4)12(16(17)18)10(3)14-15/h9,13H,5-8H2,1-4H3. The van der Waals surface area contributed by atoms with Crippen molar-refractivity contribution in [1.29, 1.82) is 0 Å². The van der Waals surface area contributed by atoms with Gasteiger partial charge in [0.1, 0.15) is 11.4 Å². The Hall–Kier alpha value is -1.43. The molecule has 1 atom stereocenters. The van der Waals surface area contributed by atoms with Gasteiger partial charge in [-0.2, -0.15) is 5.10 Å². The van der Waals surface area contributed by atoms with E-state index in [2.05, 4.69) is 24.3 Å². The van der Waals surface area contributed by atoms with E-state index < -0.39 is 0 Å². The lowest BCUT2D eigenvalue weighted by molar-refractivity contribution is -0.386. The number of rotatable bonds is 7. The van der Waals surface area contributed by atoms with Crippen molar-refractivity contribution in [2.24, 2.45) is 5.92 Å². The SMILES string of the molecule is CCCNCC(C)Cn1nc(C)c([N+](=O)[O-])c1C. The molecule has 0 saturated carbocycles. The predicted octanol–water partition coefficient (Wildman–Crippen LogP) is 2.04. The van der Waals surface area contributed by atoms with E-state index in [1.54, 1.807) is 18.5 Å². The number of nitrogens with zero attached hydrogens (tertiary/aromatic N) is 3. The third-order valence-corrected chi connectivity index (χ3v) is 2.93. The van der Waals surface area contributed by atoms with Crippen LogP contribution in [0.2, 0.25) is 0 Å². The zero-order valence-electron chi connectivity index (χ0n) is 11.6. The summed E-state index contributed by atoms with van der Waals surface area (Å²) in [6.07, 6.45) is 1.11.